The molecular formula is C13H16N4O. The van der Waals surface area contributed by atoms with E-state index >= 15 is 0 Å². The molecule has 0 unspecified atom stereocenters. The maximum Gasteiger partial charge on any atom is 0.176 e. The SMILES string of the molecule is O=C(CN1CCNCC1)c1ccc2[nH]ncc2c1. The van der Waals surface area contributed by atoms with E-state index in [4.69, 9.17) is 0 Å². The van der Waals surface area contributed by atoms with Gasteiger partial charge in [0.25, 0.3) is 0 Å². The van der Waals surface area contributed by atoms with Crippen LogP contribution in [0, 0.1) is 0 Å². The Hall–Kier alpha value is -1.72. The molecule has 0 spiro atoms. The fraction of sp³-hybridized carbons (Fsp3) is 0.385. The standard InChI is InChI=1S/C13H16N4O/c18-13(9-17-5-3-14-4-6-17)10-1-2-12-11(7-10)8-15-16-12/h1-2,7-8,14H,3-6,9H2,(H,15,16). The summed E-state index contributed by atoms with van der Waals surface area (Å²) in [4.78, 5) is 14.4. The summed E-state index contributed by atoms with van der Waals surface area (Å²) in [5.41, 5.74) is 1.73. The van der Waals surface area contributed by atoms with Gasteiger partial charge in [-0.25, -0.2) is 0 Å². The number of fused-ring (bicyclic) bond motifs is 1. The zero-order chi connectivity index (χ0) is 12.4. The van der Waals surface area contributed by atoms with Crippen molar-refractivity contribution < 1.29 is 4.79 Å². The van der Waals surface area contributed by atoms with E-state index in [2.05, 4.69) is 20.4 Å². The molecule has 1 aliphatic heterocycles. The van der Waals surface area contributed by atoms with Crippen LogP contribution in [0.25, 0.3) is 10.9 Å². The predicted octanol–water partition coefficient (Wildman–Crippen LogP) is 0.651. The molecule has 0 saturated carbocycles. The number of aromatic nitrogens is 2. The number of ketones is 1. The van der Waals surface area contributed by atoms with Crippen molar-refractivity contribution >= 4 is 16.7 Å². The molecule has 3 rings (SSSR count). The van der Waals surface area contributed by atoms with Crippen LogP contribution >= 0.6 is 0 Å². The highest BCUT2D eigenvalue weighted by atomic mass is 16.1. The van der Waals surface area contributed by atoms with E-state index < -0.39 is 0 Å². The van der Waals surface area contributed by atoms with E-state index in [9.17, 15) is 4.79 Å². The quantitative estimate of drug-likeness (QED) is 0.778. The van der Waals surface area contributed by atoms with E-state index in [1.54, 1.807) is 6.20 Å². The Bertz CT molecular complexity index is 557. The zero-order valence-corrected chi connectivity index (χ0v) is 10.1. The summed E-state index contributed by atoms with van der Waals surface area (Å²) in [6.07, 6.45) is 1.75. The van der Waals surface area contributed by atoms with Gasteiger partial charge in [-0.05, 0) is 18.2 Å². The van der Waals surface area contributed by atoms with E-state index in [0.717, 1.165) is 42.6 Å². The number of hydrogen-bond donors (Lipinski definition) is 2. The smallest absolute Gasteiger partial charge is 0.176 e. The monoisotopic (exact) mass is 244 g/mol. The van der Waals surface area contributed by atoms with Gasteiger partial charge in [0.1, 0.15) is 0 Å². The molecule has 0 aliphatic carbocycles. The van der Waals surface area contributed by atoms with Gasteiger partial charge in [0.15, 0.2) is 5.78 Å². The Morgan fingerprint density at radius 1 is 1.33 bits per heavy atom. The van der Waals surface area contributed by atoms with Crippen LogP contribution in [-0.2, 0) is 0 Å². The molecule has 0 atom stereocenters. The largest absolute Gasteiger partial charge is 0.314 e. The van der Waals surface area contributed by atoms with Crippen molar-refractivity contribution in [1.82, 2.24) is 20.4 Å². The number of rotatable bonds is 3. The Kier molecular flexibility index (Phi) is 3.08. The summed E-state index contributed by atoms with van der Waals surface area (Å²) >= 11 is 0. The molecule has 2 heterocycles. The number of Topliss-reactive ketones (excluding diaryl/α,β-unsaturated/α-hetero) is 1. The van der Waals surface area contributed by atoms with Crippen LogP contribution in [0.15, 0.2) is 24.4 Å². The van der Waals surface area contributed by atoms with Gasteiger partial charge >= 0.3 is 0 Å². The molecule has 0 bridgehead atoms. The molecule has 1 aromatic heterocycles. The third kappa shape index (κ3) is 2.27. The molecule has 1 saturated heterocycles. The van der Waals surface area contributed by atoms with Crippen LogP contribution in [0.3, 0.4) is 0 Å². The van der Waals surface area contributed by atoms with Crippen LogP contribution in [0.4, 0.5) is 0 Å². The van der Waals surface area contributed by atoms with Crippen LogP contribution < -0.4 is 5.32 Å². The molecule has 1 aliphatic rings. The van der Waals surface area contributed by atoms with E-state index in [-0.39, 0.29) is 5.78 Å². The van der Waals surface area contributed by atoms with Gasteiger partial charge in [-0.3, -0.25) is 14.8 Å². The van der Waals surface area contributed by atoms with Crippen molar-refractivity contribution in [2.75, 3.05) is 32.7 Å². The number of carbonyl (C=O) groups is 1. The number of hydrogen-bond acceptors (Lipinski definition) is 4. The van der Waals surface area contributed by atoms with Gasteiger partial charge in [0.2, 0.25) is 0 Å². The third-order valence-corrected chi connectivity index (χ3v) is 3.34. The van der Waals surface area contributed by atoms with Crippen LogP contribution in [0.1, 0.15) is 10.4 Å². The Balaban J connectivity index is 1.74. The number of H-pyrrole nitrogens is 1. The minimum Gasteiger partial charge on any atom is -0.314 e. The second-order valence-electron chi connectivity index (χ2n) is 4.62. The third-order valence-electron chi connectivity index (χ3n) is 3.34. The predicted molar refractivity (Wildman–Crippen MR) is 69.7 cm³/mol. The molecule has 0 radical (unpaired) electrons. The molecular weight excluding hydrogens is 228 g/mol. The van der Waals surface area contributed by atoms with E-state index in [1.807, 2.05) is 18.2 Å². The minimum atomic E-state index is 0.181. The van der Waals surface area contributed by atoms with Gasteiger partial charge in [-0.2, -0.15) is 5.10 Å². The summed E-state index contributed by atoms with van der Waals surface area (Å²) in [5, 5.41) is 11.1. The summed E-state index contributed by atoms with van der Waals surface area (Å²) in [6.45, 7) is 4.33. The highest BCUT2D eigenvalue weighted by Gasteiger charge is 2.15. The van der Waals surface area contributed by atoms with Gasteiger partial charge in [-0.1, -0.05) is 0 Å². The van der Waals surface area contributed by atoms with Crippen molar-refractivity contribution in [2.45, 2.75) is 0 Å². The van der Waals surface area contributed by atoms with E-state index in [1.165, 1.54) is 0 Å². The van der Waals surface area contributed by atoms with E-state index in [0.29, 0.717) is 6.54 Å². The zero-order valence-electron chi connectivity index (χ0n) is 10.1. The molecule has 0 amide bonds. The Morgan fingerprint density at radius 2 is 2.17 bits per heavy atom. The molecule has 2 N–H and O–H groups in total. The normalized spacial score (nSPS) is 17.1. The lowest BCUT2D eigenvalue weighted by Crippen LogP contribution is -2.45. The van der Waals surface area contributed by atoms with Gasteiger partial charge < -0.3 is 5.32 Å². The molecule has 5 nitrogen and oxygen atoms in total. The Labute approximate surface area is 105 Å². The van der Waals surface area contributed by atoms with Gasteiger partial charge in [0.05, 0.1) is 18.3 Å². The minimum absolute atomic E-state index is 0.181. The average molecular weight is 244 g/mol. The maximum atomic E-state index is 12.2. The average Bonchev–Trinajstić information content (AvgIpc) is 2.87. The second kappa shape index (κ2) is 4.88. The number of nitrogens with zero attached hydrogens (tertiary/aromatic N) is 2. The Morgan fingerprint density at radius 3 is 3.00 bits per heavy atom. The first-order valence-electron chi connectivity index (χ1n) is 6.22. The number of carbonyl (C=O) groups excluding carboxylic acids is 1. The lowest BCUT2D eigenvalue weighted by Gasteiger charge is -2.26. The maximum absolute atomic E-state index is 12.2. The summed E-state index contributed by atoms with van der Waals surface area (Å²) in [5.74, 6) is 0.181. The van der Waals surface area contributed by atoms with Crippen LogP contribution in [0.2, 0.25) is 0 Å². The number of nitrogens with one attached hydrogen (secondary N) is 2. The van der Waals surface area contributed by atoms with Crippen molar-refractivity contribution in [3.05, 3.63) is 30.0 Å². The summed E-state index contributed by atoms with van der Waals surface area (Å²) < 4.78 is 0. The van der Waals surface area contributed by atoms with Crippen molar-refractivity contribution in [3.8, 4) is 0 Å². The number of aromatic amines is 1. The highest BCUT2D eigenvalue weighted by molar-refractivity contribution is 6.00. The lowest BCUT2D eigenvalue weighted by molar-refractivity contribution is 0.0921. The summed E-state index contributed by atoms with van der Waals surface area (Å²) in [7, 11) is 0. The topological polar surface area (TPSA) is 61.0 Å². The van der Waals surface area contributed by atoms with Crippen molar-refractivity contribution in [1.29, 1.82) is 0 Å². The first kappa shape index (κ1) is 11.4. The first-order chi connectivity index (χ1) is 8.83. The highest BCUT2D eigenvalue weighted by Crippen LogP contribution is 2.13. The fourth-order valence-corrected chi connectivity index (χ4v) is 2.28. The molecule has 1 aromatic carbocycles. The van der Waals surface area contributed by atoms with Crippen LogP contribution in [0.5, 0.6) is 0 Å². The molecule has 94 valence electrons. The summed E-state index contributed by atoms with van der Waals surface area (Å²) in [6, 6.07) is 5.68. The molecule has 18 heavy (non-hydrogen) atoms. The van der Waals surface area contributed by atoms with Crippen molar-refractivity contribution in [2.24, 2.45) is 0 Å². The number of benzene rings is 1. The lowest BCUT2D eigenvalue weighted by atomic mass is 10.1. The fourth-order valence-electron chi connectivity index (χ4n) is 2.28. The number of piperazine rings is 1. The van der Waals surface area contributed by atoms with Crippen LogP contribution in [-0.4, -0.2) is 53.6 Å². The first-order valence-corrected chi connectivity index (χ1v) is 6.22. The molecule has 2 aromatic rings. The van der Waals surface area contributed by atoms with Gasteiger partial charge in [0, 0.05) is 37.1 Å². The molecule has 1 fully saturated rings. The van der Waals surface area contributed by atoms with Gasteiger partial charge in [-0.15, -0.1) is 0 Å². The van der Waals surface area contributed by atoms with Crippen molar-refractivity contribution in [3.63, 3.8) is 0 Å². The molecule has 5 heteroatoms. The second-order valence-corrected chi connectivity index (χ2v) is 4.62.